The summed E-state index contributed by atoms with van der Waals surface area (Å²) >= 11 is 6.33. The van der Waals surface area contributed by atoms with Crippen LogP contribution < -0.4 is 24.8 Å². The molecule has 2 amide bonds. The number of hydrogen-bond acceptors (Lipinski definition) is 6. The molecular weight excluding hydrogens is 434 g/mol. The molecule has 0 fully saturated rings. The molecule has 8 nitrogen and oxygen atoms in total. The first-order valence-corrected chi connectivity index (χ1v) is 10.7. The minimum Gasteiger partial charge on any atom is -0.493 e. The summed E-state index contributed by atoms with van der Waals surface area (Å²) in [7, 11) is 1.55. The van der Waals surface area contributed by atoms with E-state index in [-0.39, 0.29) is 12.6 Å². The number of benzene rings is 2. The summed E-state index contributed by atoms with van der Waals surface area (Å²) in [4.78, 5) is 16.3. The van der Waals surface area contributed by atoms with Crippen molar-refractivity contribution < 1.29 is 24.1 Å². The fraction of sp³-hybridized carbons (Fsp3) is 0.304. The molecule has 0 saturated carbocycles. The molecule has 0 unspecified atom stereocenters. The lowest BCUT2D eigenvalue weighted by atomic mass is 10.1. The molecule has 3 rings (SSSR count). The van der Waals surface area contributed by atoms with Crippen molar-refractivity contribution in [1.82, 2.24) is 10.3 Å². The highest BCUT2D eigenvalue weighted by Crippen LogP contribution is 2.38. The zero-order valence-electron chi connectivity index (χ0n) is 18.0. The number of hydrogen-bond donors (Lipinski definition) is 3. The summed E-state index contributed by atoms with van der Waals surface area (Å²) in [5.74, 6) is 2.14. The van der Waals surface area contributed by atoms with Gasteiger partial charge in [0.05, 0.1) is 29.9 Å². The molecule has 0 spiro atoms. The Balaban J connectivity index is 1.82. The van der Waals surface area contributed by atoms with Crippen molar-refractivity contribution in [1.29, 1.82) is 0 Å². The van der Waals surface area contributed by atoms with E-state index in [1.807, 2.05) is 6.92 Å². The number of aliphatic hydroxyl groups excluding tert-OH is 1. The number of nitrogens with zero attached hydrogens (tertiary/aromatic N) is 1. The topological polar surface area (TPSA) is 102 Å². The molecule has 9 heteroatoms. The van der Waals surface area contributed by atoms with E-state index in [1.165, 1.54) is 0 Å². The van der Waals surface area contributed by atoms with Crippen LogP contribution in [0.15, 0.2) is 42.6 Å². The minimum atomic E-state index is -0.313. The Bertz CT molecular complexity index is 1080. The third-order valence-corrected chi connectivity index (χ3v) is 4.81. The van der Waals surface area contributed by atoms with E-state index in [1.54, 1.807) is 49.7 Å². The normalized spacial score (nSPS) is 10.6. The monoisotopic (exact) mass is 459 g/mol. The van der Waals surface area contributed by atoms with Crippen LogP contribution in [0.25, 0.3) is 10.9 Å². The molecule has 2 aromatic carbocycles. The molecule has 1 aromatic heterocycles. The van der Waals surface area contributed by atoms with E-state index in [0.717, 1.165) is 11.8 Å². The lowest BCUT2D eigenvalue weighted by Gasteiger charge is -2.14. The Morgan fingerprint density at radius 2 is 2.00 bits per heavy atom. The number of carbonyl (C=O) groups is 1. The van der Waals surface area contributed by atoms with Gasteiger partial charge in [-0.05, 0) is 30.7 Å². The van der Waals surface area contributed by atoms with Crippen LogP contribution in [0.2, 0.25) is 5.02 Å². The van der Waals surface area contributed by atoms with E-state index in [2.05, 4.69) is 15.6 Å². The van der Waals surface area contributed by atoms with Gasteiger partial charge in [0.15, 0.2) is 11.5 Å². The van der Waals surface area contributed by atoms with Gasteiger partial charge in [-0.25, -0.2) is 4.79 Å². The predicted octanol–water partition coefficient (Wildman–Crippen LogP) is 4.98. The van der Waals surface area contributed by atoms with Crippen LogP contribution >= 0.6 is 11.6 Å². The summed E-state index contributed by atoms with van der Waals surface area (Å²) in [6, 6.07) is 10.0. The van der Waals surface area contributed by atoms with Gasteiger partial charge in [-0.2, -0.15) is 0 Å². The van der Waals surface area contributed by atoms with Gasteiger partial charge in [-0.15, -0.1) is 0 Å². The van der Waals surface area contributed by atoms with Gasteiger partial charge in [0, 0.05) is 43.3 Å². The first-order chi connectivity index (χ1) is 15.5. The number of anilines is 1. The molecule has 0 atom stereocenters. The summed E-state index contributed by atoms with van der Waals surface area (Å²) < 4.78 is 17.2. The van der Waals surface area contributed by atoms with Crippen LogP contribution in [-0.2, 0) is 0 Å². The van der Waals surface area contributed by atoms with E-state index >= 15 is 0 Å². The van der Waals surface area contributed by atoms with Crippen molar-refractivity contribution in [2.45, 2.75) is 19.8 Å². The average Bonchev–Trinajstić information content (AvgIpc) is 2.79. The molecule has 3 aromatic rings. The average molecular weight is 460 g/mol. The Hall–Kier alpha value is -3.23. The van der Waals surface area contributed by atoms with Gasteiger partial charge in [-0.3, -0.25) is 4.98 Å². The number of rotatable bonds is 10. The number of nitrogens with one attached hydrogen (secondary N) is 2. The number of pyridine rings is 1. The molecule has 0 radical (unpaired) electrons. The number of fused-ring (bicyclic) bond motifs is 1. The number of aliphatic hydroxyl groups is 1. The van der Waals surface area contributed by atoms with Gasteiger partial charge in [0.25, 0.3) is 0 Å². The lowest BCUT2D eigenvalue weighted by Crippen LogP contribution is -2.29. The Morgan fingerprint density at radius 1 is 1.16 bits per heavy atom. The van der Waals surface area contributed by atoms with Crippen LogP contribution in [0.4, 0.5) is 10.5 Å². The second-order valence-electron chi connectivity index (χ2n) is 6.88. The number of urea groups is 1. The largest absolute Gasteiger partial charge is 0.493 e. The maximum atomic E-state index is 11.9. The van der Waals surface area contributed by atoms with Gasteiger partial charge in [0.2, 0.25) is 0 Å². The van der Waals surface area contributed by atoms with Gasteiger partial charge < -0.3 is 30.0 Å². The van der Waals surface area contributed by atoms with Crippen molar-refractivity contribution in [2.75, 3.05) is 32.2 Å². The zero-order valence-corrected chi connectivity index (χ0v) is 18.7. The van der Waals surface area contributed by atoms with E-state index < -0.39 is 0 Å². The van der Waals surface area contributed by atoms with Crippen molar-refractivity contribution in [3.63, 3.8) is 0 Å². The predicted molar refractivity (Wildman–Crippen MR) is 124 cm³/mol. The number of carbonyl (C=O) groups excluding carboxylic acids is 1. The highest BCUT2D eigenvalue weighted by atomic mass is 35.5. The number of methoxy groups -OCH3 is 1. The quantitative estimate of drug-likeness (QED) is 0.369. The van der Waals surface area contributed by atoms with Gasteiger partial charge in [0.1, 0.15) is 11.5 Å². The molecule has 3 N–H and O–H groups in total. The van der Waals surface area contributed by atoms with Crippen LogP contribution in [-0.4, -0.2) is 43.0 Å². The van der Waals surface area contributed by atoms with Crippen LogP contribution in [0.3, 0.4) is 0 Å². The molecule has 0 bridgehead atoms. The van der Waals surface area contributed by atoms with Crippen LogP contribution in [0.5, 0.6) is 23.0 Å². The van der Waals surface area contributed by atoms with E-state index in [4.69, 9.17) is 30.9 Å². The highest BCUT2D eigenvalue weighted by molar-refractivity contribution is 6.33. The van der Waals surface area contributed by atoms with E-state index in [9.17, 15) is 4.79 Å². The summed E-state index contributed by atoms with van der Waals surface area (Å²) in [6.07, 6.45) is 3.00. The van der Waals surface area contributed by atoms with Gasteiger partial charge >= 0.3 is 6.03 Å². The standard InChI is InChI=1S/C23H26ClN3O5/c1-3-8-26-23(29)27-18-6-5-15(12-17(18)24)32-20-7-9-25-19-14-22(31-11-4-10-28)21(30-2)13-16(19)20/h5-7,9,12-14,28H,3-4,8,10-11H2,1-2H3,(H2,26,27,29). The fourth-order valence-corrected chi connectivity index (χ4v) is 3.15. The number of amides is 2. The van der Waals surface area contributed by atoms with Crippen molar-refractivity contribution in [2.24, 2.45) is 0 Å². The van der Waals surface area contributed by atoms with E-state index in [0.29, 0.717) is 58.8 Å². The second kappa shape index (κ2) is 11.4. The lowest BCUT2D eigenvalue weighted by molar-refractivity contribution is 0.228. The number of halogens is 1. The highest BCUT2D eigenvalue weighted by Gasteiger charge is 2.13. The minimum absolute atomic E-state index is 0.0480. The second-order valence-corrected chi connectivity index (χ2v) is 7.29. The summed E-state index contributed by atoms with van der Waals surface area (Å²) in [5.41, 5.74) is 1.15. The number of aromatic nitrogens is 1. The van der Waals surface area contributed by atoms with Crippen molar-refractivity contribution in [3.8, 4) is 23.0 Å². The molecule has 0 aliphatic heterocycles. The van der Waals surface area contributed by atoms with Crippen LogP contribution in [0, 0.1) is 0 Å². The van der Waals surface area contributed by atoms with Crippen molar-refractivity contribution >= 4 is 34.2 Å². The number of ether oxygens (including phenoxy) is 3. The first-order valence-electron chi connectivity index (χ1n) is 10.3. The molecular formula is C23H26ClN3O5. The fourth-order valence-electron chi connectivity index (χ4n) is 2.93. The molecule has 0 saturated heterocycles. The molecule has 170 valence electrons. The molecule has 0 aliphatic carbocycles. The molecule has 32 heavy (non-hydrogen) atoms. The SMILES string of the molecule is CCCNC(=O)Nc1ccc(Oc2ccnc3cc(OCCCO)c(OC)cc23)cc1Cl. The third kappa shape index (κ3) is 5.93. The summed E-state index contributed by atoms with van der Waals surface area (Å²) in [5, 5.41) is 15.5. The first kappa shape index (κ1) is 23.4. The maximum Gasteiger partial charge on any atom is 0.319 e. The maximum absolute atomic E-state index is 11.9. The Morgan fingerprint density at radius 3 is 2.72 bits per heavy atom. The smallest absolute Gasteiger partial charge is 0.319 e. The zero-order chi connectivity index (χ0) is 22.9. The Kier molecular flexibility index (Phi) is 8.35. The van der Waals surface area contributed by atoms with Crippen LogP contribution in [0.1, 0.15) is 19.8 Å². The third-order valence-electron chi connectivity index (χ3n) is 4.50. The Labute approximate surface area is 191 Å². The molecule has 1 heterocycles. The van der Waals surface area contributed by atoms with Crippen molar-refractivity contribution in [3.05, 3.63) is 47.6 Å². The summed E-state index contributed by atoms with van der Waals surface area (Å²) in [6.45, 7) is 2.97. The van der Waals surface area contributed by atoms with Gasteiger partial charge in [-0.1, -0.05) is 18.5 Å². The molecule has 0 aliphatic rings.